The molecule has 1 aliphatic rings. The summed E-state index contributed by atoms with van der Waals surface area (Å²) in [6, 6.07) is 13.3. The predicted molar refractivity (Wildman–Crippen MR) is 131 cm³/mol. The van der Waals surface area contributed by atoms with Crippen LogP contribution in [0.5, 0.6) is 5.75 Å². The first-order chi connectivity index (χ1) is 16.2. The first-order valence-electron chi connectivity index (χ1n) is 11.9. The molecule has 4 rings (SSSR count). The highest BCUT2D eigenvalue weighted by atomic mass is 16.5. The molecule has 7 nitrogen and oxygen atoms in total. The number of pyridine rings is 2. The van der Waals surface area contributed by atoms with Crippen molar-refractivity contribution in [3.8, 4) is 5.75 Å². The lowest BCUT2D eigenvalue weighted by atomic mass is 10.1. The smallest absolute Gasteiger partial charge is 0.250 e. The van der Waals surface area contributed by atoms with Crippen molar-refractivity contribution < 1.29 is 9.47 Å². The van der Waals surface area contributed by atoms with Crippen molar-refractivity contribution in [1.29, 1.82) is 0 Å². The number of hydrogen-bond donors (Lipinski definition) is 1. The standard InChI is InChI=1S/C26H34N4O3/c1-29-25-5-4-24(19-22(25)3-6-26(29)31)32-18-2-11-27-14-17-30-15-9-23(10-16-30)33-20-21-7-12-28-13-8-21/h3-8,12-13,19,23,27H,2,9-11,14-18,20H2,1H3. The van der Waals surface area contributed by atoms with Gasteiger partial charge in [-0.25, -0.2) is 0 Å². The maximum Gasteiger partial charge on any atom is 0.250 e. The average molecular weight is 451 g/mol. The van der Waals surface area contributed by atoms with Gasteiger partial charge in [-0.1, -0.05) is 0 Å². The summed E-state index contributed by atoms with van der Waals surface area (Å²) in [4.78, 5) is 18.3. The van der Waals surface area contributed by atoms with Gasteiger partial charge in [-0.05, 0) is 67.8 Å². The monoisotopic (exact) mass is 450 g/mol. The van der Waals surface area contributed by atoms with E-state index in [0.717, 1.165) is 68.6 Å². The fourth-order valence-corrected chi connectivity index (χ4v) is 4.19. The van der Waals surface area contributed by atoms with Crippen LogP contribution in [-0.4, -0.2) is 59.9 Å². The Bertz CT molecular complexity index is 1060. The van der Waals surface area contributed by atoms with Crippen molar-refractivity contribution >= 4 is 10.9 Å². The number of likely N-dealkylation sites (tertiary alicyclic amines) is 1. The lowest BCUT2D eigenvalue weighted by Gasteiger charge is -2.32. The van der Waals surface area contributed by atoms with Crippen LogP contribution in [0, 0.1) is 0 Å². The van der Waals surface area contributed by atoms with Crippen LogP contribution in [0.3, 0.4) is 0 Å². The van der Waals surface area contributed by atoms with Gasteiger partial charge < -0.3 is 24.3 Å². The SMILES string of the molecule is Cn1c(=O)ccc2cc(OCCCNCCN3CCC(OCc4ccncc4)CC3)ccc21. The summed E-state index contributed by atoms with van der Waals surface area (Å²) in [7, 11) is 1.79. The normalized spacial score (nSPS) is 15.2. The highest BCUT2D eigenvalue weighted by Gasteiger charge is 2.19. The Morgan fingerprint density at radius 1 is 1.06 bits per heavy atom. The molecule has 0 unspecified atom stereocenters. The molecule has 0 saturated carbocycles. The number of nitrogens with zero attached hydrogens (tertiary/aromatic N) is 3. The van der Waals surface area contributed by atoms with Gasteiger partial charge >= 0.3 is 0 Å². The average Bonchev–Trinajstić information content (AvgIpc) is 2.86. The van der Waals surface area contributed by atoms with E-state index < -0.39 is 0 Å². The van der Waals surface area contributed by atoms with Gasteiger partial charge in [0.1, 0.15) is 5.75 Å². The van der Waals surface area contributed by atoms with Crippen LogP contribution in [0.2, 0.25) is 0 Å². The van der Waals surface area contributed by atoms with Crippen LogP contribution < -0.4 is 15.6 Å². The Labute approximate surface area is 195 Å². The zero-order valence-corrected chi connectivity index (χ0v) is 19.4. The van der Waals surface area contributed by atoms with E-state index in [1.807, 2.05) is 48.8 Å². The summed E-state index contributed by atoms with van der Waals surface area (Å²) in [5.41, 5.74) is 2.11. The minimum absolute atomic E-state index is 0.000893. The number of hydrogen-bond acceptors (Lipinski definition) is 6. The molecule has 3 aromatic rings. The van der Waals surface area contributed by atoms with Crippen molar-refractivity contribution in [2.24, 2.45) is 7.05 Å². The summed E-state index contributed by atoms with van der Waals surface area (Å²) >= 11 is 0. The number of piperidine rings is 1. The molecule has 33 heavy (non-hydrogen) atoms. The molecule has 0 aliphatic carbocycles. The van der Waals surface area contributed by atoms with E-state index in [-0.39, 0.29) is 5.56 Å². The molecule has 0 atom stereocenters. The van der Waals surface area contributed by atoms with Crippen LogP contribution in [-0.2, 0) is 18.4 Å². The van der Waals surface area contributed by atoms with Crippen LogP contribution in [0.4, 0.5) is 0 Å². The van der Waals surface area contributed by atoms with Gasteiger partial charge in [-0.2, -0.15) is 0 Å². The second-order valence-electron chi connectivity index (χ2n) is 8.61. The summed E-state index contributed by atoms with van der Waals surface area (Å²) in [6.45, 7) is 6.54. The number of fused-ring (bicyclic) bond motifs is 1. The first-order valence-corrected chi connectivity index (χ1v) is 11.9. The maximum atomic E-state index is 11.7. The minimum Gasteiger partial charge on any atom is -0.494 e. The molecule has 1 aromatic carbocycles. The molecule has 0 spiro atoms. The van der Waals surface area contributed by atoms with Crippen LogP contribution >= 0.6 is 0 Å². The number of aromatic nitrogens is 2. The zero-order chi connectivity index (χ0) is 22.9. The summed E-state index contributed by atoms with van der Waals surface area (Å²) in [6.07, 6.45) is 7.14. The molecular formula is C26H34N4O3. The third kappa shape index (κ3) is 6.87. The second kappa shape index (κ2) is 11.9. The van der Waals surface area contributed by atoms with Crippen molar-refractivity contribution in [1.82, 2.24) is 19.8 Å². The quantitative estimate of drug-likeness (QED) is 0.453. The number of rotatable bonds is 11. The van der Waals surface area contributed by atoms with Crippen molar-refractivity contribution in [3.05, 3.63) is 70.8 Å². The number of ether oxygens (including phenoxy) is 2. The van der Waals surface area contributed by atoms with E-state index in [0.29, 0.717) is 19.3 Å². The minimum atomic E-state index is 0.000893. The molecule has 2 aromatic heterocycles. The Kier molecular flexibility index (Phi) is 8.47. The van der Waals surface area contributed by atoms with Crippen LogP contribution in [0.25, 0.3) is 10.9 Å². The molecule has 7 heteroatoms. The molecular weight excluding hydrogens is 416 g/mol. The Morgan fingerprint density at radius 2 is 1.88 bits per heavy atom. The van der Waals surface area contributed by atoms with Crippen LogP contribution in [0.15, 0.2) is 59.7 Å². The number of benzene rings is 1. The lowest BCUT2D eigenvalue weighted by Crippen LogP contribution is -2.40. The third-order valence-corrected chi connectivity index (χ3v) is 6.24. The zero-order valence-electron chi connectivity index (χ0n) is 19.4. The largest absolute Gasteiger partial charge is 0.494 e. The van der Waals surface area contributed by atoms with Gasteiger partial charge in [0, 0.05) is 57.1 Å². The molecule has 176 valence electrons. The molecule has 0 radical (unpaired) electrons. The van der Waals surface area contributed by atoms with E-state index in [9.17, 15) is 4.79 Å². The van der Waals surface area contributed by atoms with E-state index in [2.05, 4.69) is 15.2 Å². The molecule has 1 aliphatic heterocycles. The van der Waals surface area contributed by atoms with E-state index in [4.69, 9.17) is 9.47 Å². The fraction of sp³-hybridized carbons (Fsp3) is 0.462. The number of nitrogens with one attached hydrogen (secondary N) is 1. The Balaban J connectivity index is 1.05. The molecule has 1 fully saturated rings. The van der Waals surface area contributed by atoms with Gasteiger partial charge in [0.15, 0.2) is 0 Å². The third-order valence-electron chi connectivity index (χ3n) is 6.24. The van der Waals surface area contributed by atoms with E-state index >= 15 is 0 Å². The number of aryl methyl sites for hydroxylation is 1. The van der Waals surface area contributed by atoms with E-state index in [1.54, 1.807) is 17.7 Å². The van der Waals surface area contributed by atoms with Gasteiger partial charge in [-0.15, -0.1) is 0 Å². The highest BCUT2D eigenvalue weighted by molar-refractivity contribution is 5.80. The van der Waals surface area contributed by atoms with Crippen LogP contribution in [0.1, 0.15) is 24.8 Å². The van der Waals surface area contributed by atoms with Gasteiger partial charge in [-0.3, -0.25) is 9.78 Å². The molecule has 0 amide bonds. The fourth-order valence-electron chi connectivity index (χ4n) is 4.19. The Hall–Kier alpha value is -2.74. The second-order valence-corrected chi connectivity index (χ2v) is 8.61. The summed E-state index contributed by atoms with van der Waals surface area (Å²) < 4.78 is 13.6. The van der Waals surface area contributed by atoms with Gasteiger partial charge in [0.05, 0.1) is 24.8 Å². The molecule has 0 bridgehead atoms. The lowest BCUT2D eigenvalue weighted by molar-refractivity contribution is -0.00219. The van der Waals surface area contributed by atoms with E-state index in [1.165, 1.54) is 5.56 Å². The summed E-state index contributed by atoms with van der Waals surface area (Å²) in [5.74, 6) is 0.843. The van der Waals surface area contributed by atoms with Crippen molar-refractivity contribution in [2.75, 3.05) is 39.3 Å². The highest BCUT2D eigenvalue weighted by Crippen LogP contribution is 2.19. The van der Waals surface area contributed by atoms with Crippen molar-refractivity contribution in [3.63, 3.8) is 0 Å². The molecule has 3 heterocycles. The maximum absolute atomic E-state index is 11.7. The summed E-state index contributed by atoms with van der Waals surface area (Å²) in [5, 5.41) is 4.54. The van der Waals surface area contributed by atoms with Crippen molar-refractivity contribution in [2.45, 2.75) is 32.0 Å². The topological polar surface area (TPSA) is 68.6 Å². The molecule has 1 N–H and O–H groups in total. The Morgan fingerprint density at radius 3 is 2.70 bits per heavy atom. The predicted octanol–water partition coefficient (Wildman–Crippen LogP) is 2.97. The van der Waals surface area contributed by atoms with Gasteiger partial charge in [0.25, 0.3) is 5.56 Å². The first kappa shape index (κ1) is 23.4. The van der Waals surface area contributed by atoms with Gasteiger partial charge in [0.2, 0.25) is 0 Å². The molecule has 1 saturated heterocycles.